The van der Waals surface area contributed by atoms with Crippen molar-refractivity contribution >= 4 is 5.97 Å². The third-order valence-electron chi connectivity index (χ3n) is 1.75. The van der Waals surface area contributed by atoms with Crippen molar-refractivity contribution in [3.05, 3.63) is 17.8 Å². The van der Waals surface area contributed by atoms with E-state index in [2.05, 4.69) is 9.40 Å². The summed E-state index contributed by atoms with van der Waals surface area (Å²) in [6, 6.07) is 0. The molecule has 0 aliphatic carbocycles. The quantitative estimate of drug-likeness (QED) is 0.853. The van der Waals surface area contributed by atoms with Crippen LogP contribution in [0.15, 0.2) is 10.7 Å². The van der Waals surface area contributed by atoms with Crippen LogP contribution in [0.3, 0.4) is 0 Å². The van der Waals surface area contributed by atoms with Crippen LogP contribution in [-0.4, -0.2) is 16.1 Å². The van der Waals surface area contributed by atoms with Crippen LogP contribution < -0.4 is 0 Å². The molecule has 1 rings (SSSR count). The zero-order valence-electron chi connectivity index (χ0n) is 7.71. The molecule has 0 aliphatic rings. The van der Waals surface area contributed by atoms with Gasteiger partial charge in [0.05, 0.1) is 12.1 Å². The van der Waals surface area contributed by atoms with Gasteiger partial charge in [-0.25, -0.2) is 4.98 Å². The molecule has 15 heavy (non-hydrogen) atoms. The molecule has 1 atom stereocenters. The van der Waals surface area contributed by atoms with Gasteiger partial charge in [0.2, 0.25) is 0 Å². The fourth-order valence-electron chi connectivity index (χ4n) is 1.01. The van der Waals surface area contributed by atoms with Gasteiger partial charge in [-0.05, 0) is 0 Å². The molecular formula is C8H8F3NO3. The van der Waals surface area contributed by atoms with Crippen molar-refractivity contribution < 1.29 is 27.5 Å². The van der Waals surface area contributed by atoms with Crippen molar-refractivity contribution in [1.82, 2.24) is 4.98 Å². The Kier molecular flexibility index (Phi) is 3.01. The lowest BCUT2D eigenvalue weighted by atomic mass is 10.1. The zero-order chi connectivity index (χ0) is 11.6. The van der Waals surface area contributed by atoms with E-state index in [0.717, 1.165) is 6.26 Å². The van der Waals surface area contributed by atoms with Gasteiger partial charge in [-0.15, -0.1) is 0 Å². The zero-order valence-corrected chi connectivity index (χ0v) is 7.71. The maximum absolute atomic E-state index is 12.1. The Balaban J connectivity index is 2.80. The molecule has 1 aromatic rings. The van der Waals surface area contributed by atoms with Crippen molar-refractivity contribution in [3.63, 3.8) is 0 Å². The average Bonchev–Trinajstić information content (AvgIpc) is 2.48. The van der Waals surface area contributed by atoms with E-state index in [1.165, 1.54) is 6.92 Å². The van der Waals surface area contributed by atoms with Crippen molar-refractivity contribution in [2.45, 2.75) is 25.4 Å². The lowest BCUT2D eigenvalue weighted by Gasteiger charge is -2.02. The summed E-state index contributed by atoms with van der Waals surface area (Å²) in [7, 11) is 0. The van der Waals surface area contributed by atoms with Crippen LogP contribution in [-0.2, 0) is 11.0 Å². The monoisotopic (exact) mass is 223 g/mol. The van der Waals surface area contributed by atoms with Gasteiger partial charge in [0.25, 0.3) is 0 Å². The van der Waals surface area contributed by atoms with Gasteiger partial charge in [0.15, 0.2) is 0 Å². The number of nitrogens with zero attached hydrogens (tertiary/aromatic N) is 1. The highest BCUT2D eigenvalue weighted by molar-refractivity contribution is 5.67. The lowest BCUT2D eigenvalue weighted by Crippen LogP contribution is -2.07. The molecular weight excluding hydrogens is 215 g/mol. The van der Waals surface area contributed by atoms with Crippen LogP contribution in [0.5, 0.6) is 0 Å². The van der Waals surface area contributed by atoms with E-state index < -0.39 is 24.0 Å². The molecule has 0 bridgehead atoms. The summed E-state index contributed by atoms with van der Waals surface area (Å²) in [5.41, 5.74) is -0.00951. The fraction of sp³-hybridized carbons (Fsp3) is 0.500. The normalized spacial score (nSPS) is 13.9. The van der Waals surface area contributed by atoms with Crippen LogP contribution in [0.25, 0.3) is 0 Å². The Bertz CT molecular complexity index is 358. The van der Waals surface area contributed by atoms with E-state index >= 15 is 0 Å². The number of alkyl halides is 3. The second-order valence-electron chi connectivity index (χ2n) is 3.07. The van der Waals surface area contributed by atoms with Gasteiger partial charge in [-0.1, -0.05) is 6.92 Å². The highest BCUT2D eigenvalue weighted by Gasteiger charge is 2.37. The van der Waals surface area contributed by atoms with Crippen LogP contribution in [0, 0.1) is 0 Å². The first kappa shape index (κ1) is 11.5. The topological polar surface area (TPSA) is 63.3 Å². The number of oxazole rings is 1. The first-order valence-electron chi connectivity index (χ1n) is 4.05. The first-order valence-corrected chi connectivity index (χ1v) is 4.05. The number of hydrogen-bond acceptors (Lipinski definition) is 3. The molecule has 0 saturated heterocycles. The summed E-state index contributed by atoms with van der Waals surface area (Å²) in [5, 5.41) is 8.43. The third kappa shape index (κ3) is 2.97. The Morgan fingerprint density at radius 2 is 2.27 bits per heavy atom. The maximum atomic E-state index is 12.1. The van der Waals surface area contributed by atoms with Crippen molar-refractivity contribution in [2.24, 2.45) is 0 Å². The van der Waals surface area contributed by atoms with Crippen molar-refractivity contribution in [3.8, 4) is 0 Å². The number of hydrogen-bond donors (Lipinski definition) is 1. The number of rotatable bonds is 3. The van der Waals surface area contributed by atoms with Gasteiger partial charge >= 0.3 is 18.0 Å². The van der Waals surface area contributed by atoms with Crippen molar-refractivity contribution in [2.75, 3.05) is 0 Å². The van der Waals surface area contributed by atoms with Crippen molar-refractivity contribution in [1.29, 1.82) is 0 Å². The highest BCUT2D eigenvalue weighted by Crippen LogP contribution is 2.30. The largest absolute Gasteiger partial charge is 0.481 e. The fourth-order valence-corrected chi connectivity index (χ4v) is 1.01. The molecule has 0 amide bonds. The molecule has 1 unspecified atom stereocenters. The summed E-state index contributed by atoms with van der Waals surface area (Å²) in [6.07, 6.45) is -4.10. The van der Waals surface area contributed by atoms with E-state index in [1.54, 1.807) is 0 Å². The van der Waals surface area contributed by atoms with Gasteiger partial charge in [0, 0.05) is 5.92 Å². The molecule has 0 spiro atoms. The number of aliphatic carboxylic acids is 1. The lowest BCUT2D eigenvalue weighted by molar-refractivity contribution is -0.157. The number of halogens is 3. The minimum absolute atomic E-state index is 0.00951. The van der Waals surface area contributed by atoms with Crippen LogP contribution in [0.4, 0.5) is 13.2 Å². The molecule has 0 aromatic carbocycles. The van der Waals surface area contributed by atoms with Gasteiger partial charge in [-0.2, -0.15) is 13.2 Å². The van der Waals surface area contributed by atoms with Crippen LogP contribution in [0.1, 0.15) is 30.8 Å². The second kappa shape index (κ2) is 3.92. The highest BCUT2D eigenvalue weighted by atomic mass is 19.4. The maximum Gasteiger partial charge on any atom is 0.468 e. The summed E-state index contributed by atoms with van der Waals surface area (Å²) in [5.74, 6) is -3.06. The number of carbonyl (C=O) groups is 1. The van der Waals surface area contributed by atoms with E-state index in [-0.39, 0.29) is 12.1 Å². The third-order valence-corrected chi connectivity index (χ3v) is 1.75. The smallest absolute Gasteiger partial charge is 0.468 e. The van der Waals surface area contributed by atoms with Crippen LogP contribution >= 0.6 is 0 Å². The Morgan fingerprint density at radius 1 is 1.67 bits per heavy atom. The minimum atomic E-state index is -4.64. The first-order chi connectivity index (χ1) is 6.80. The van der Waals surface area contributed by atoms with Gasteiger partial charge in [0.1, 0.15) is 6.26 Å². The van der Waals surface area contributed by atoms with E-state index in [4.69, 9.17) is 5.11 Å². The summed E-state index contributed by atoms with van der Waals surface area (Å²) in [6.45, 7) is 1.46. The molecule has 0 fully saturated rings. The Morgan fingerprint density at radius 3 is 2.67 bits per heavy atom. The molecule has 0 aliphatic heterocycles. The molecule has 84 valence electrons. The molecule has 1 aromatic heterocycles. The summed E-state index contributed by atoms with van der Waals surface area (Å²) in [4.78, 5) is 13.5. The number of carboxylic acids is 1. The van der Waals surface area contributed by atoms with E-state index in [0.29, 0.717) is 0 Å². The Labute approximate surface area is 82.7 Å². The molecule has 0 saturated carbocycles. The van der Waals surface area contributed by atoms with Gasteiger partial charge in [-0.3, -0.25) is 4.79 Å². The minimum Gasteiger partial charge on any atom is -0.481 e. The molecule has 7 heteroatoms. The predicted molar refractivity (Wildman–Crippen MR) is 42.2 cm³/mol. The predicted octanol–water partition coefficient (Wildman–Crippen LogP) is 2.27. The number of aromatic nitrogens is 1. The van der Waals surface area contributed by atoms with E-state index in [9.17, 15) is 18.0 Å². The molecule has 1 heterocycles. The molecule has 4 nitrogen and oxygen atoms in total. The summed E-state index contributed by atoms with van der Waals surface area (Å²) < 4.78 is 40.4. The second-order valence-corrected chi connectivity index (χ2v) is 3.07. The molecule has 1 N–H and O–H groups in total. The van der Waals surface area contributed by atoms with E-state index in [1.807, 2.05) is 0 Å². The summed E-state index contributed by atoms with van der Waals surface area (Å²) >= 11 is 0. The Hall–Kier alpha value is -1.53. The van der Waals surface area contributed by atoms with Crippen LogP contribution in [0.2, 0.25) is 0 Å². The van der Waals surface area contributed by atoms with Gasteiger partial charge < -0.3 is 9.52 Å². The standard InChI is InChI=1S/C8H8F3NO3/c1-4(2-6(13)14)5-3-15-7(12-5)8(9,10)11/h3-4H,2H2,1H3,(H,13,14). The SMILES string of the molecule is CC(CC(=O)O)c1coc(C(F)(F)F)n1. The molecule has 0 radical (unpaired) electrons. The average molecular weight is 223 g/mol. The number of carboxylic acid groups (broad SMARTS) is 1.